The second-order valence-electron chi connectivity index (χ2n) is 7.50. The van der Waals surface area contributed by atoms with Gasteiger partial charge in [-0.3, -0.25) is 14.5 Å². The number of carbonyl (C=O) groups excluding carboxylic acids is 3. The van der Waals surface area contributed by atoms with Crippen LogP contribution in [0.5, 0.6) is 0 Å². The van der Waals surface area contributed by atoms with Crippen LogP contribution in [0.4, 0.5) is 0 Å². The van der Waals surface area contributed by atoms with E-state index in [9.17, 15) is 24.3 Å². The Hall–Kier alpha value is -1.72. The molecule has 0 spiro atoms. The molecule has 0 bridgehead atoms. The first-order valence-corrected chi connectivity index (χ1v) is 10.6. The molecular formula is C21H35NO5. The third-order valence-corrected chi connectivity index (χ3v) is 5.22. The Morgan fingerprint density at radius 2 is 1.19 bits per heavy atom. The van der Waals surface area contributed by atoms with Gasteiger partial charge in [-0.1, -0.05) is 64.2 Å². The molecule has 1 atom stereocenters. The molecule has 0 aliphatic carbocycles. The molecule has 2 amide bonds. The van der Waals surface area contributed by atoms with E-state index in [2.05, 4.69) is 0 Å². The van der Waals surface area contributed by atoms with Gasteiger partial charge in [0, 0.05) is 19.3 Å². The first-order chi connectivity index (χ1) is 13.1. The van der Waals surface area contributed by atoms with Crippen LogP contribution >= 0.6 is 0 Å². The highest BCUT2D eigenvalue weighted by Crippen LogP contribution is 2.18. The molecule has 0 aromatic carbocycles. The Balaban J connectivity index is 2.79. The average Bonchev–Trinajstić information content (AvgIpc) is 2.64. The number of amides is 2. The minimum Gasteiger partial charge on any atom is -0.480 e. The van der Waals surface area contributed by atoms with Crippen molar-refractivity contribution in [3.05, 3.63) is 0 Å². The van der Waals surface area contributed by atoms with E-state index in [1.54, 1.807) is 0 Å². The summed E-state index contributed by atoms with van der Waals surface area (Å²) in [6.45, 7) is 0. The summed E-state index contributed by atoms with van der Waals surface area (Å²) in [5.74, 6) is -2.05. The molecule has 1 aliphatic rings. The summed E-state index contributed by atoms with van der Waals surface area (Å²) in [6, 6.07) is -1.24. The van der Waals surface area contributed by atoms with Gasteiger partial charge in [-0.05, 0) is 19.3 Å². The van der Waals surface area contributed by atoms with Crippen LogP contribution < -0.4 is 0 Å². The number of rotatable bonds is 5. The van der Waals surface area contributed by atoms with E-state index in [0.29, 0.717) is 19.1 Å². The molecular weight excluding hydrogens is 346 g/mol. The Morgan fingerprint density at radius 1 is 0.815 bits per heavy atom. The van der Waals surface area contributed by atoms with E-state index in [1.165, 1.54) is 25.7 Å². The molecule has 1 fully saturated rings. The number of carboxylic acids is 1. The first kappa shape index (κ1) is 23.3. The zero-order valence-electron chi connectivity index (χ0n) is 16.5. The standard InChI is InChI=1S/C21H35NO5/c23-17-13-14-18(21(26)27)22-19(24)15-11-9-7-5-3-1-2-4-6-8-10-12-16-20(22)25/h17-18H,1-16H2,(H,26,27)/t18-/m0/s1. The number of aldehydes is 1. The van der Waals surface area contributed by atoms with Crippen molar-refractivity contribution in [1.29, 1.82) is 0 Å². The summed E-state index contributed by atoms with van der Waals surface area (Å²) >= 11 is 0. The second-order valence-corrected chi connectivity index (χ2v) is 7.50. The number of hydrogen-bond acceptors (Lipinski definition) is 4. The maximum Gasteiger partial charge on any atom is 0.326 e. The van der Waals surface area contributed by atoms with Crippen LogP contribution in [0.15, 0.2) is 0 Å². The monoisotopic (exact) mass is 381 g/mol. The topological polar surface area (TPSA) is 91.8 Å². The highest BCUT2D eigenvalue weighted by atomic mass is 16.4. The van der Waals surface area contributed by atoms with Crippen LogP contribution in [0.3, 0.4) is 0 Å². The number of hydrogen-bond donors (Lipinski definition) is 1. The van der Waals surface area contributed by atoms with Crippen molar-refractivity contribution in [2.45, 2.75) is 109 Å². The predicted octanol–water partition coefficient (Wildman–Crippen LogP) is 4.25. The van der Waals surface area contributed by atoms with Gasteiger partial charge in [0.05, 0.1) is 0 Å². The molecule has 6 heteroatoms. The molecule has 0 aromatic rings. The van der Waals surface area contributed by atoms with Gasteiger partial charge in [0.2, 0.25) is 11.8 Å². The van der Waals surface area contributed by atoms with Gasteiger partial charge in [-0.15, -0.1) is 0 Å². The molecule has 0 radical (unpaired) electrons. The van der Waals surface area contributed by atoms with Crippen molar-refractivity contribution in [3.63, 3.8) is 0 Å². The smallest absolute Gasteiger partial charge is 0.326 e. The van der Waals surface area contributed by atoms with Crippen LogP contribution in [-0.4, -0.2) is 40.1 Å². The third-order valence-electron chi connectivity index (χ3n) is 5.22. The zero-order chi connectivity index (χ0) is 19.9. The molecule has 0 aromatic heterocycles. The minimum absolute atomic E-state index is 0.0175. The van der Waals surface area contributed by atoms with E-state index in [4.69, 9.17) is 0 Å². The van der Waals surface area contributed by atoms with E-state index < -0.39 is 23.8 Å². The number of nitrogens with zero attached hydrogens (tertiary/aromatic N) is 1. The lowest BCUT2D eigenvalue weighted by Gasteiger charge is -2.27. The van der Waals surface area contributed by atoms with E-state index in [-0.39, 0.29) is 25.7 Å². The Bertz CT molecular complexity index is 449. The van der Waals surface area contributed by atoms with Gasteiger partial charge in [0.15, 0.2) is 0 Å². The van der Waals surface area contributed by atoms with E-state index >= 15 is 0 Å². The van der Waals surface area contributed by atoms with Gasteiger partial charge in [0.25, 0.3) is 0 Å². The van der Waals surface area contributed by atoms with E-state index in [0.717, 1.165) is 43.4 Å². The van der Waals surface area contributed by atoms with Crippen molar-refractivity contribution < 1.29 is 24.3 Å². The highest BCUT2D eigenvalue weighted by molar-refractivity contribution is 5.99. The van der Waals surface area contributed by atoms with Crippen molar-refractivity contribution in [1.82, 2.24) is 4.90 Å². The number of carbonyl (C=O) groups is 4. The molecule has 1 rings (SSSR count). The summed E-state index contributed by atoms with van der Waals surface area (Å²) < 4.78 is 0. The highest BCUT2D eigenvalue weighted by Gasteiger charge is 2.33. The molecule has 1 aliphatic heterocycles. The van der Waals surface area contributed by atoms with Gasteiger partial charge in [0.1, 0.15) is 12.3 Å². The molecule has 1 heterocycles. The molecule has 1 saturated heterocycles. The molecule has 1 N–H and O–H groups in total. The second kappa shape index (κ2) is 14.4. The van der Waals surface area contributed by atoms with Gasteiger partial charge >= 0.3 is 5.97 Å². The summed E-state index contributed by atoms with van der Waals surface area (Å²) in [4.78, 5) is 48.5. The maximum atomic E-state index is 12.6. The van der Waals surface area contributed by atoms with Crippen LogP contribution in [0.2, 0.25) is 0 Å². The van der Waals surface area contributed by atoms with Gasteiger partial charge in [-0.25, -0.2) is 4.79 Å². The molecule has 0 saturated carbocycles. The lowest BCUT2D eigenvalue weighted by atomic mass is 10.0. The van der Waals surface area contributed by atoms with Crippen LogP contribution in [0, 0.1) is 0 Å². The molecule has 6 nitrogen and oxygen atoms in total. The van der Waals surface area contributed by atoms with Crippen molar-refractivity contribution >= 4 is 24.1 Å². The summed E-state index contributed by atoms with van der Waals surface area (Å²) in [6.07, 6.45) is 13.6. The normalized spacial score (nSPS) is 20.7. The fourth-order valence-electron chi connectivity index (χ4n) is 3.64. The molecule has 0 unspecified atom stereocenters. The number of aliphatic carboxylic acids is 1. The third kappa shape index (κ3) is 9.68. The zero-order valence-corrected chi connectivity index (χ0v) is 16.5. The Labute approximate surface area is 162 Å². The summed E-state index contributed by atoms with van der Waals surface area (Å²) in [7, 11) is 0. The van der Waals surface area contributed by atoms with Crippen LogP contribution in [0.1, 0.15) is 103 Å². The Kier molecular flexibility index (Phi) is 12.4. The Morgan fingerprint density at radius 3 is 1.52 bits per heavy atom. The van der Waals surface area contributed by atoms with E-state index in [1.807, 2.05) is 0 Å². The molecule has 27 heavy (non-hydrogen) atoms. The van der Waals surface area contributed by atoms with Crippen molar-refractivity contribution in [3.8, 4) is 0 Å². The SMILES string of the molecule is O=CCC[C@@H](C(=O)O)N1C(=O)CCCCCCCCCCCCCCC1=O. The quantitative estimate of drug-likeness (QED) is 0.568. The summed E-state index contributed by atoms with van der Waals surface area (Å²) in [5.41, 5.74) is 0. The molecule has 154 valence electrons. The number of imide groups is 1. The lowest BCUT2D eigenvalue weighted by molar-refractivity contribution is -0.158. The van der Waals surface area contributed by atoms with Gasteiger partial charge in [-0.2, -0.15) is 0 Å². The maximum absolute atomic E-state index is 12.6. The van der Waals surface area contributed by atoms with Crippen LogP contribution in [0.25, 0.3) is 0 Å². The minimum atomic E-state index is -1.24. The first-order valence-electron chi connectivity index (χ1n) is 10.6. The average molecular weight is 382 g/mol. The van der Waals surface area contributed by atoms with Crippen molar-refractivity contribution in [2.24, 2.45) is 0 Å². The van der Waals surface area contributed by atoms with Gasteiger partial charge < -0.3 is 9.90 Å². The lowest BCUT2D eigenvalue weighted by Crippen LogP contribution is -2.48. The largest absolute Gasteiger partial charge is 0.480 e. The fourth-order valence-corrected chi connectivity index (χ4v) is 3.64. The summed E-state index contributed by atoms with van der Waals surface area (Å²) in [5, 5.41) is 9.50. The number of carboxylic acid groups (broad SMARTS) is 1. The van der Waals surface area contributed by atoms with Crippen molar-refractivity contribution in [2.75, 3.05) is 0 Å². The predicted molar refractivity (Wildman–Crippen MR) is 103 cm³/mol. The fraction of sp³-hybridized carbons (Fsp3) is 0.810. The van der Waals surface area contributed by atoms with Crippen LogP contribution in [-0.2, 0) is 19.2 Å².